The van der Waals surface area contributed by atoms with Gasteiger partial charge in [-0.05, 0) is 47.7 Å². The fourth-order valence-electron chi connectivity index (χ4n) is 2.93. The summed E-state index contributed by atoms with van der Waals surface area (Å²) in [6, 6.07) is 9.93. The molecule has 1 fully saturated rings. The van der Waals surface area contributed by atoms with Gasteiger partial charge in [-0.1, -0.05) is 6.07 Å². The Labute approximate surface area is 175 Å². The molecule has 0 unspecified atom stereocenters. The van der Waals surface area contributed by atoms with Crippen molar-refractivity contribution in [2.24, 2.45) is 0 Å². The van der Waals surface area contributed by atoms with E-state index >= 15 is 0 Å². The summed E-state index contributed by atoms with van der Waals surface area (Å²) in [6.45, 7) is -0.370. The maximum atomic E-state index is 12.9. The summed E-state index contributed by atoms with van der Waals surface area (Å²) in [5.41, 5.74) is 1.16. The van der Waals surface area contributed by atoms with Crippen molar-refractivity contribution in [3.63, 3.8) is 0 Å². The average Bonchev–Trinajstić information content (AvgIpc) is 3.30. The van der Waals surface area contributed by atoms with Gasteiger partial charge in [0, 0.05) is 6.07 Å². The largest absolute Gasteiger partial charge is 0.493 e. The van der Waals surface area contributed by atoms with Crippen molar-refractivity contribution in [2.75, 3.05) is 25.4 Å². The third-order valence-corrected chi connectivity index (χ3v) is 5.16. The third-order valence-electron chi connectivity index (χ3n) is 4.27. The molecule has 0 radical (unpaired) electrons. The summed E-state index contributed by atoms with van der Waals surface area (Å²) in [5.74, 6) is 0.299. The van der Waals surface area contributed by atoms with Crippen LogP contribution in [-0.4, -0.2) is 42.7 Å². The molecule has 0 bridgehead atoms. The minimum Gasteiger partial charge on any atom is -0.493 e. The molecule has 9 nitrogen and oxygen atoms in total. The number of amides is 1. The quantitative estimate of drug-likeness (QED) is 0.674. The van der Waals surface area contributed by atoms with E-state index in [1.807, 2.05) is 0 Å². The number of benzene rings is 2. The maximum absolute atomic E-state index is 12.9. The highest BCUT2D eigenvalue weighted by atomic mass is 32.2. The average molecular weight is 428 g/mol. The van der Waals surface area contributed by atoms with E-state index in [2.05, 4.69) is 0 Å². The zero-order valence-corrected chi connectivity index (χ0v) is 16.5. The number of carbonyl (C=O) groups is 2. The molecule has 4 rings (SSSR count). The van der Waals surface area contributed by atoms with Gasteiger partial charge in [0.15, 0.2) is 34.8 Å². The molecule has 2 aliphatic rings. The van der Waals surface area contributed by atoms with E-state index in [0.717, 1.165) is 11.8 Å². The van der Waals surface area contributed by atoms with Crippen LogP contribution in [0.15, 0.2) is 41.3 Å². The number of hydrogen-bond acceptors (Lipinski definition) is 8. The van der Waals surface area contributed by atoms with Crippen LogP contribution in [0, 0.1) is 5.41 Å². The van der Waals surface area contributed by atoms with Crippen LogP contribution < -0.4 is 23.8 Å². The lowest BCUT2D eigenvalue weighted by atomic mass is 10.1. The van der Waals surface area contributed by atoms with Gasteiger partial charge in [-0.15, -0.1) is 0 Å². The van der Waals surface area contributed by atoms with Crippen molar-refractivity contribution in [1.82, 2.24) is 0 Å². The number of aliphatic carboxylic acids is 1. The number of thioether (sulfide) groups is 1. The van der Waals surface area contributed by atoms with E-state index in [1.165, 1.54) is 12.0 Å². The van der Waals surface area contributed by atoms with Gasteiger partial charge in [-0.2, -0.15) is 0 Å². The van der Waals surface area contributed by atoms with Gasteiger partial charge in [0.1, 0.15) is 0 Å². The smallest absolute Gasteiger partial charge is 0.341 e. The van der Waals surface area contributed by atoms with E-state index in [-0.39, 0.29) is 23.6 Å². The Morgan fingerprint density at radius 3 is 2.80 bits per heavy atom. The van der Waals surface area contributed by atoms with E-state index in [9.17, 15) is 9.59 Å². The topological polar surface area (TPSA) is 118 Å². The van der Waals surface area contributed by atoms with E-state index in [0.29, 0.717) is 33.4 Å². The second-order valence-corrected chi connectivity index (χ2v) is 7.22. The number of hydrogen-bond donors (Lipinski definition) is 2. The molecule has 0 saturated carbocycles. The van der Waals surface area contributed by atoms with Gasteiger partial charge in [-0.3, -0.25) is 15.1 Å². The van der Waals surface area contributed by atoms with Gasteiger partial charge in [-0.25, -0.2) is 4.79 Å². The highest BCUT2D eigenvalue weighted by Gasteiger charge is 2.34. The fraction of sp³-hybridized carbons (Fsp3) is 0.150. The summed E-state index contributed by atoms with van der Waals surface area (Å²) in [6.07, 6.45) is 1.64. The van der Waals surface area contributed by atoms with Crippen LogP contribution in [-0.2, 0) is 9.59 Å². The van der Waals surface area contributed by atoms with Crippen LogP contribution in [0.2, 0.25) is 0 Å². The lowest BCUT2D eigenvalue weighted by molar-refractivity contribution is -0.139. The predicted octanol–water partition coefficient (Wildman–Crippen LogP) is 2.94. The maximum Gasteiger partial charge on any atom is 0.341 e. The minimum absolute atomic E-state index is 0.0680. The second kappa shape index (κ2) is 7.99. The summed E-state index contributed by atoms with van der Waals surface area (Å²) >= 11 is 1.04. The van der Waals surface area contributed by atoms with Crippen LogP contribution in [0.25, 0.3) is 6.08 Å². The molecule has 0 aromatic heterocycles. The van der Waals surface area contributed by atoms with Crippen LogP contribution in [0.4, 0.5) is 5.69 Å². The highest BCUT2D eigenvalue weighted by molar-refractivity contribution is 8.19. The molecule has 1 saturated heterocycles. The number of carboxylic acid groups (broad SMARTS) is 1. The van der Waals surface area contributed by atoms with Crippen LogP contribution in [0.5, 0.6) is 23.0 Å². The minimum atomic E-state index is -1.10. The molecule has 10 heteroatoms. The zero-order valence-electron chi connectivity index (χ0n) is 15.7. The molecular formula is C20H16N2O7S. The number of nitrogens with one attached hydrogen (secondary N) is 1. The third kappa shape index (κ3) is 3.77. The van der Waals surface area contributed by atoms with Crippen molar-refractivity contribution in [1.29, 1.82) is 5.41 Å². The second-order valence-electron chi connectivity index (χ2n) is 6.19. The van der Waals surface area contributed by atoms with Crippen molar-refractivity contribution in [2.45, 2.75) is 0 Å². The summed E-state index contributed by atoms with van der Waals surface area (Å²) in [4.78, 5) is 25.3. The Morgan fingerprint density at radius 2 is 2.03 bits per heavy atom. The molecule has 0 spiro atoms. The van der Waals surface area contributed by atoms with Gasteiger partial charge < -0.3 is 24.1 Å². The SMILES string of the molecule is COc1cc(C=C2SC(=N)N(c3ccc4c(c3)OCO4)C2=O)ccc1OCC(=O)O. The predicted molar refractivity (Wildman–Crippen MR) is 109 cm³/mol. The van der Waals surface area contributed by atoms with Crippen LogP contribution in [0.3, 0.4) is 0 Å². The van der Waals surface area contributed by atoms with Crippen molar-refractivity contribution >= 4 is 40.6 Å². The lowest BCUT2D eigenvalue weighted by Crippen LogP contribution is -2.28. The Kier molecular flexibility index (Phi) is 5.23. The molecule has 1 amide bonds. The normalized spacial score (nSPS) is 16.3. The van der Waals surface area contributed by atoms with Gasteiger partial charge >= 0.3 is 5.97 Å². The number of anilines is 1. The number of methoxy groups -OCH3 is 1. The summed E-state index contributed by atoms with van der Waals surface area (Å²) in [7, 11) is 1.44. The Morgan fingerprint density at radius 1 is 1.23 bits per heavy atom. The molecule has 154 valence electrons. The van der Waals surface area contributed by atoms with Crippen molar-refractivity contribution in [3.05, 3.63) is 46.9 Å². The van der Waals surface area contributed by atoms with Crippen LogP contribution >= 0.6 is 11.8 Å². The molecule has 30 heavy (non-hydrogen) atoms. The van der Waals surface area contributed by atoms with Gasteiger partial charge in [0.05, 0.1) is 17.7 Å². The van der Waals surface area contributed by atoms with E-state index in [1.54, 1.807) is 42.5 Å². The number of nitrogens with zero attached hydrogens (tertiary/aromatic N) is 1. The number of carboxylic acids is 1. The first kappa shape index (κ1) is 19.6. The molecule has 2 N–H and O–H groups in total. The van der Waals surface area contributed by atoms with Crippen molar-refractivity contribution in [3.8, 4) is 23.0 Å². The van der Waals surface area contributed by atoms with E-state index in [4.69, 9.17) is 29.5 Å². The Bertz CT molecular complexity index is 1080. The fourth-order valence-corrected chi connectivity index (χ4v) is 3.79. The number of amidine groups is 1. The first-order chi connectivity index (χ1) is 14.5. The Hall–Kier alpha value is -3.66. The Balaban J connectivity index is 1.58. The number of rotatable bonds is 6. The number of carbonyl (C=O) groups excluding carboxylic acids is 1. The van der Waals surface area contributed by atoms with Crippen molar-refractivity contribution < 1.29 is 33.6 Å². The molecule has 2 heterocycles. The van der Waals surface area contributed by atoms with Gasteiger partial charge in [0.25, 0.3) is 5.91 Å². The molecule has 2 aliphatic heterocycles. The van der Waals surface area contributed by atoms with Gasteiger partial charge in [0.2, 0.25) is 6.79 Å². The standard InChI is InChI=1S/C20H16N2O7S/c1-26-15-6-11(2-4-13(15)27-9-18(23)24)7-17-19(25)22(20(21)30-17)12-3-5-14-16(8-12)29-10-28-14/h2-8,21H,9-10H2,1H3,(H,23,24). The molecule has 2 aromatic carbocycles. The highest BCUT2D eigenvalue weighted by Crippen LogP contribution is 2.40. The van der Waals surface area contributed by atoms with Crippen LogP contribution in [0.1, 0.15) is 5.56 Å². The van der Waals surface area contributed by atoms with E-state index < -0.39 is 12.6 Å². The lowest BCUT2D eigenvalue weighted by Gasteiger charge is -2.14. The monoisotopic (exact) mass is 428 g/mol. The number of ether oxygens (including phenoxy) is 4. The number of fused-ring (bicyclic) bond motifs is 1. The zero-order chi connectivity index (χ0) is 21.3. The molecule has 0 atom stereocenters. The summed E-state index contributed by atoms with van der Waals surface area (Å²) < 4.78 is 21.1. The molecule has 2 aromatic rings. The molecule has 0 aliphatic carbocycles. The first-order valence-electron chi connectivity index (χ1n) is 8.71. The molecular weight excluding hydrogens is 412 g/mol. The summed E-state index contributed by atoms with van der Waals surface area (Å²) in [5, 5.41) is 17.0. The first-order valence-corrected chi connectivity index (χ1v) is 9.53.